The molecule has 2 heterocycles. The minimum atomic E-state index is -3.09. The lowest BCUT2D eigenvalue weighted by Gasteiger charge is -2.23. The van der Waals surface area contributed by atoms with Crippen LogP contribution in [0.1, 0.15) is 43.8 Å². The number of hydrogen-bond donors (Lipinski definition) is 0. The third-order valence-electron chi connectivity index (χ3n) is 9.20. The summed E-state index contributed by atoms with van der Waals surface area (Å²) in [5.74, 6) is 0. The van der Waals surface area contributed by atoms with E-state index in [1.165, 1.54) is 54.5 Å². The predicted octanol–water partition coefficient (Wildman–Crippen LogP) is 8.09. The zero-order valence-electron chi connectivity index (χ0n) is 26.2. The summed E-state index contributed by atoms with van der Waals surface area (Å²) in [6.07, 6.45) is 2.20. The Bertz CT molecular complexity index is 2070. The Hall–Kier alpha value is -3.91. The molecular formula is C40H36BOPS. The zero-order chi connectivity index (χ0) is 30.7. The van der Waals surface area contributed by atoms with Gasteiger partial charge in [-0.05, 0) is 86.9 Å². The molecule has 0 radical (unpaired) electrons. The lowest BCUT2D eigenvalue weighted by atomic mass is 9.37. The monoisotopic (exact) mass is 606 g/mol. The molecule has 1 unspecified atom stereocenters. The molecule has 1 aliphatic heterocycles. The van der Waals surface area contributed by atoms with Gasteiger partial charge in [-0.1, -0.05) is 129 Å². The average Bonchev–Trinajstić information content (AvgIpc) is 3.58. The van der Waals surface area contributed by atoms with Gasteiger partial charge in [0.25, 0.3) is 6.71 Å². The van der Waals surface area contributed by atoms with Crippen molar-refractivity contribution < 1.29 is 4.57 Å². The maximum Gasteiger partial charge on any atom is 0.255 e. The van der Waals surface area contributed by atoms with Gasteiger partial charge in [-0.2, -0.15) is 0 Å². The molecule has 0 saturated heterocycles. The van der Waals surface area contributed by atoms with Crippen LogP contribution in [-0.4, -0.2) is 6.71 Å². The van der Waals surface area contributed by atoms with E-state index in [0.29, 0.717) is 0 Å². The van der Waals surface area contributed by atoms with Crippen molar-refractivity contribution >= 4 is 73.7 Å². The minimum absolute atomic E-state index is 0.0954. The van der Waals surface area contributed by atoms with Crippen LogP contribution in [-0.2, 0) is 4.57 Å². The van der Waals surface area contributed by atoms with Crippen molar-refractivity contribution in [1.29, 1.82) is 0 Å². The van der Waals surface area contributed by atoms with Gasteiger partial charge in [-0.25, -0.2) is 0 Å². The first kappa shape index (κ1) is 28.8. The number of thiophene rings is 1. The second kappa shape index (κ2) is 10.9. The van der Waals surface area contributed by atoms with Crippen LogP contribution in [0.25, 0.3) is 22.2 Å². The largest absolute Gasteiger partial charge is 0.309 e. The molecule has 216 valence electrons. The summed E-state index contributed by atoms with van der Waals surface area (Å²) in [7, 11) is -3.09. The fourth-order valence-corrected chi connectivity index (χ4v) is 12.0. The highest BCUT2D eigenvalue weighted by Crippen LogP contribution is 2.62. The fourth-order valence-electron chi connectivity index (χ4n) is 7.51. The van der Waals surface area contributed by atoms with Crippen LogP contribution in [0.3, 0.4) is 0 Å². The molecule has 0 aliphatic carbocycles. The standard InChI is InChI=1S/C40H36BOPS/c1-25-18-27(3)39(28(4)19-25)41(40-29(5)20-26(2)21-30(40)6)38-17-16-37(44-38)36-24-33-22-31-12-10-11-13-32(31)23-35(33)43(36,42)34-14-8-7-9-15-34/h7-24H,1-6H3. The van der Waals surface area contributed by atoms with E-state index in [1.807, 2.05) is 30.3 Å². The lowest BCUT2D eigenvalue weighted by Crippen LogP contribution is -2.54. The van der Waals surface area contributed by atoms with E-state index in [-0.39, 0.29) is 6.71 Å². The second-order valence-corrected chi connectivity index (χ2v) is 16.3. The first-order chi connectivity index (χ1) is 21.1. The van der Waals surface area contributed by atoms with Crippen LogP contribution in [0.5, 0.6) is 0 Å². The van der Waals surface area contributed by atoms with E-state index < -0.39 is 7.14 Å². The van der Waals surface area contributed by atoms with E-state index in [2.05, 4.69) is 120 Å². The number of rotatable bonds is 5. The van der Waals surface area contributed by atoms with Gasteiger partial charge in [0, 0.05) is 20.8 Å². The van der Waals surface area contributed by atoms with Crippen LogP contribution >= 0.6 is 18.5 Å². The van der Waals surface area contributed by atoms with Crippen molar-refractivity contribution in [2.24, 2.45) is 0 Å². The summed E-state index contributed by atoms with van der Waals surface area (Å²) in [5, 5.41) is 5.07. The summed E-state index contributed by atoms with van der Waals surface area (Å²) in [6.45, 7) is 13.5. The summed E-state index contributed by atoms with van der Waals surface area (Å²) in [5.41, 5.74) is 11.7. The molecule has 0 N–H and O–H groups in total. The lowest BCUT2D eigenvalue weighted by molar-refractivity contribution is 0.593. The highest BCUT2D eigenvalue weighted by molar-refractivity contribution is 7.88. The van der Waals surface area contributed by atoms with Crippen LogP contribution in [0.15, 0.2) is 103 Å². The van der Waals surface area contributed by atoms with E-state index in [4.69, 9.17) is 0 Å². The Kier molecular flexibility index (Phi) is 7.16. The van der Waals surface area contributed by atoms with Gasteiger partial charge >= 0.3 is 0 Å². The molecule has 1 aliphatic rings. The van der Waals surface area contributed by atoms with Crippen LogP contribution in [0.2, 0.25) is 0 Å². The van der Waals surface area contributed by atoms with Crippen molar-refractivity contribution in [2.45, 2.75) is 41.5 Å². The van der Waals surface area contributed by atoms with Gasteiger partial charge in [-0.3, -0.25) is 0 Å². The van der Waals surface area contributed by atoms with Crippen molar-refractivity contribution in [1.82, 2.24) is 0 Å². The smallest absolute Gasteiger partial charge is 0.255 e. The first-order valence-electron chi connectivity index (χ1n) is 15.3. The molecule has 44 heavy (non-hydrogen) atoms. The molecule has 7 rings (SSSR count). The SMILES string of the molecule is Cc1cc(C)c(B(c2ccc(C3=Cc4cc5ccccc5cc4P3(=O)c3ccccc3)s2)c2c(C)cc(C)cc2C)c(C)c1. The van der Waals surface area contributed by atoms with Gasteiger partial charge in [0.2, 0.25) is 0 Å². The zero-order valence-corrected chi connectivity index (χ0v) is 27.9. The van der Waals surface area contributed by atoms with Gasteiger partial charge in [0.15, 0.2) is 7.14 Å². The number of benzene rings is 5. The molecule has 0 bridgehead atoms. The molecule has 1 atom stereocenters. The molecule has 4 heteroatoms. The van der Waals surface area contributed by atoms with E-state index in [1.54, 1.807) is 11.3 Å². The van der Waals surface area contributed by atoms with Crippen molar-refractivity contribution in [2.75, 3.05) is 0 Å². The molecule has 1 nitrogen and oxygen atoms in total. The molecule has 5 aromatic carbocycles. The first-order valence-corrected chi connectivity index (χ1v) is 17.8. The summed E-state index contributed by atoms with van der Waals surface area (Å²) < 4.78 is 16.8. The molecular weight excluding hydrogens is 570 g/mol. The molecule has 0 amide bonds. The highest BCUT2D eigenvalue weighted by atomic mass is 32.1. The maximum absolute atomic E-state index is 15.6. The summed E-state index contributed by atoms with van der Waals surface area (Å²) >= 11 is 1.80. The van der Waals surface area contributed by atoms with Gasteiger partial charge < -0.3 is 4.57 Å². The normalized spacial score (nSPS) is 15.8. The third kappa shape index (κ3) is 4.66. The van der Waals surface area contributed by atoms with E-state index in [9.17, 15) is 0 Å². The predicted molar refractivity (Wildman–Crippen MR) is 195 cm³/mol. The summed E-state index contributed by atoms with van der Waals surface area (Å²) in [6, 6.07) is 36.6. The van der Waals surface area contributed by atoms with Crippen LogP contribution in [0.4, 0.5) is 0 Å². The summed E-state index contributed by atoms with van der Waals surface area (Å²) in [4.78, 5) is 1.09. The maximum atomic E-state index is 15.6. The molecule has 0 spiro atoms. The quantitative estimate of drug-likeness (QED) is 0.143. The van der Waals surface area contributed by atoms with Crippen molar-refractivity contribution in [3.8, 4) is 0 Å². The number of fused-ring (bicyclic) bond motifs is 2. The Balaban J connectivity index is 1.45. The second-order valence-electron chi connectivity index (χ2n) is 12.5. The van der Waals surface area contributed by atoms with Crippen molar-refractivity contribution in [3.63, 3.8) is 0 Å². The Morgan fingerprint density at radius 3 is 1.68 bits per heavy atom. The number of hydrogen-bond acceptors (Lipinski definition) is 2. The topological polar surface area (TPSA) is 17.1 Å². The average molecular weight is 607 g/mol. The van der Waals surface area contributed by atoms with E-state index >= 15 is 4.57 Å². The fraction of sp³-hybridized carbons (Fsp3) is 0.150. The molecule has 1 aromatic heterocycles. The number of aryl methyl sites for hydroxylation is 6. The Morgan fingerprint density at radius 1 is 0.591 bits per heavy atom. The van der Waals surface area contributed by atoms with Crippen LogP contribution < -0.4 is 26.3 Å². The van der Waals surface area contributed by atoms with Gasteiger partial charge in [0.1, 0.15) is 0 Å². The van der Waals surface area contributed by atoms with Gasteiger partial charge in [0.05, 0.1) is 0 Å². The minimum Gasteiger partial charge on any atom is -0.309 e. The van der Waals surface area contributed by atoms with Gasteiger partial charge in [-0.15, -0.1) is 11.3 Å². The van der Waals surface area contributed by atoms with E-state index in [0.717, 1.165) is 31.8 Å². The van der Waals surface area contributed by atoms with Crippen molar-refractivity contribution in [3.05, 3.63) is 147 Å². The Morgan fingerprint density at radius 2 is 1.11 bits per heavy atom. The van der Waals surface area contributed by atoms with Crippen LogP contribution in [0, 0.1) is 41.5 Å². The highest BCUT2D eigenvalue weighted by Gasteiger charge is 2.40. The Labute approximate surface area is 265 Å². The molecule has 6 aromatic rings. The molecule has 0 saturated carbocycles. The third-order valence-corrected chi connectivity index (χ3v) is 13.7. The molecule has 0 fully saturated rings.